The molecule has 0 bridgehead atoms. The first-order chi connectivity index (χ1) is 13.4. The van der Waals surface area contributed by atoms with Crippen LogP contribution in [0.4, 0.5) is 0 Å². The van der Waals surface area contributed by atoms with Crippen molar-refractivity contribution in [3.05, 3.63) is 70.3 Å². The number of amides is 1. The van der Waals surface area contributed by atoms with Crippen LogP contribution in [0.15, 0.2) is 47.6 Å². The van der Waals surface area contributed by atoms with Crippen molar-refractivity contribution in [2.75, 3.05) is 19.6 Å². The predicted molar refractivity (Wildman–Crippen MR) is 116 cm³/mol. The first-order valence-electron chi connectivity index (χ1n) is 10.2. The van der Waals surface area contributed by atoms with Crippen LogP contribution in [0.3, 0.4) is 0 Å². The molecule has 1 amide bonds. The van der Waals surface area contributed by atoms with Gasteiger partial charge in [0.1, 0.15) is 0 Å². The van der Waals surface area contributed by atoms with E-state index in [-0.39, 0.29) is 11.9 Å². The van der Waals surface area contributed by atoms with Gasteiger partial charge in [0.15, 0.2) is 0 Å². The fourth-order valence-corrected chi connectivity index (χ4v) is 3.86. The molecule has 0 saturated heterocycles. The molecule has 4 nitrogen and oxygen atoms in total. The Balaban J connectivity index is 1.99. The van der Waals surface area contributed by atoms with Crippen LogP contribution in [0.25, 0.3) is 0 Å². The lowest BCUT2D eigenvalue weighted by molar-refractivity contribution is -0.134. The number of aryl methyl sites for hydroxylation is 3. The maximum Gasteiger partial charge on any atom is 0.257 e. The van der Waals surface area contributed by atoms with Crippen molar-refractivity contribution in [3.63, 3.8) is 0 Å². The topological polar surface area (TPSA) is 35.9 Å². The lowest BCUT2D eigenvalue weighted by Gasteiger charge is -2.26. The number of hydrogen-bond donors (Lipinski definition) is 0. The van der Waals surface area contributed by atoms with E-state index in [1.54, 1.807) is 5.01 Å². The third-order valence-corrected chi connectivity index (χ3v) is 5.67. The number of hydrogen-bond acceptors (Lipinski definition) is 3. The van der Waals surface area contributed by atoms with E-state index in [0.717, 1.165) is 30.8 Å². The maximum absolute atomic E-state index is 13.2. The Hall–Kier alpha value is -2.46. The third-order valence-electron chi connectivity index (χ3n) is 5.67. The van der Waals surface area contributed by atoms with Crippen molar-refractivity contribution < 1.29 is 4.79 Å². The van der Waals surface area contributed by atoms with Gasteiger partial charge in [0.25, 0.3) is 5.91 Å². The minimum Gasteiger partial charge on any atom is -0.295 e. The van der Waals surface area contributed by atoms with Gasteiger partial charge in [-0.05, 0) is 56.6 Å². The summed E-state index contributed by atoms with van der Waals surface area (Å²) in [6, 6.07) is 14.7. The molecular weight excluding hydrogens is 346 g/mol. The van der Waals surface area contributed by atoms with E-state index >= 15 is 0 Å². The Morgan fingerprint density at radius 2 is 1.79 bits per heavy atom. The molecule has 1 heterocycles. The highest BCUT2D eigenvalue weighted by Gasteiger charge is 2.34. The van der Waals surface area contributed by atoms with Gasteiger partial charge in [0, 0.05) is 12.0 Å². The Kier molecular flexibility index (Phi) is 6.30. The number of nitrogens with zero attached hydrogens (tertiary/aromatic N) is 3. The number of likely N-dealkylation sites (N-methyl/N-ethyl adjacent to an activating group) is 1. The summed E-state index contributed by atoms with van der Waals surface area (Å²) in [5, 5.41) is 6.59. The Labute approximate surface area is 168 Å². The zero-order chi connectivity index (χ0) is 20.3. The van der Waals surface area contributed by atoms with Gasteiger partial charge in [-0.1, -0.05) is 55.8 Å². The first-order valence-corrected chi connectivity index (χ1v) is 10.2. The average Bonchev–Trinajstić information content (AvgIpc) is 3.13. The van der Waals surface area contributed by atoms with Crippen LogP contribution in [0.1, 0.15) is 54.1 Å². The fourth-order valence-electron chi connectivity index (χ4n) is 3.86. The summed E-state index contributed by atoms with van der Waals surface area (Å²) in [4.78, 5) is 15.3. The predicted octanol–water partition coefficient (Wildman–Crippen LogP) is 4.63. The van der Waals surface area contributed by atoms with Gasteiger partial charge in [-0.2, -0.15) is 5.10 Å². The molecular formula is C24H31N3O. The van der Waals surface area contributed by atoms with Gasteiger partial charge >= 0.3 is 0 Å². The summed E-state index contributed by atoms with van der Waals surface area (Å²) in [6.07, 6.45) is 0.749. The van der Waals surface area contributed by atoms with E-state index in [4.69, 9.17) is 5.10 Å². The van der Waals surface area contributed by atoms with E-state index in [2.05, 4.69) is 69.9 Å². The highest BCUT2D eigenvalue weighted by Crippen LogP contribution is 2.35. The van der Waals surface area contributed by atoms with Crippen molar-refractivity contribution in [2.45, 2.75) is 47.1 Å². The van der Waals surface area contributed by atoms with E-state index in [1.165, 1.54) is 22.3 Å². The number of hydrazone groups is 1. The molecule has 148 valence electrons. The molecule has 3 rings (SSSR count). The Morgan fingerprint density at radius 1 is 1.07 bits per heavy atom. The molecule has 0 N–H and O–H groups in total. The van der Waals surface area contributed by atoms with Crippen LogP contribution in [0.5, 0.6) is 0 Å². The minimum absolute atomic E-state index is 0.0424. The highest BCUT2D eigenvalue weighted by molar-refractivity contribution is 6.04. The van der Waals surface area contributed by atoms with E-state index in [0.29, 0.717) is 6.54 Å². The molecule has 0 unspecified atom stereocenters. The number of rotatable bonds is 6. The molecule has 0 aliphatic carbocycles. The first kappa shape index (κ1) is 20.3. The molecule has 2 aromatic rings. The van der Waals surface area contributed by atoms with Crippen molar-refractivity contribution in [1.82, 2.24) is 9.91 Å². The number of benzene rings is 2. The van der Waals surface area contributed by atoms with Crippen molar-refractivity contribution in [3.8, 4) is 0 Å². The third kappa shape index (κ3) is 4.17. The van der Waals surface area contributed by atoms with Crippen LogP contribution in [-0.2, 0) is 4.79 Å². The smallest absolute Gasteiger partial charge is 0.257 e. The van der Waals surface area contributed by atoms with E-state index < -0.39 is 0 Å². The van der Waals surface area contributed by atoms with E-state index in [1.807, 2.05) is 12.1 Å². The summed E-state index contributed by atoms with van der Waals surface area (Å²) in [5.41, 5.74) is 6.94. The number of carbonyl (C=O) groups is 1. The Bertz CT molecular complexity index is 883. The lowest BCUT2D eigenvalue weighted by atomic mass is 9.93. The highest BCUT2D eigenvalue weighted by atomic mass is 16.2. The van der Waals surface area contributed by atoms with Gasteiger partial charge in [0.2, 0.25) is 0 Å². The normalized spacial score (nSPS) is 16.6. The molecule has 0 aromatic heterocycles. The van der Waals surface area contributed by atoms with Gasteiger partial charge in [-0.25, -0.2) is 5.01 Å². The maximum atomic E-state index is 13.2. The summed E-state index contributed by atoms with van der Waals surface area (Å²) >= 11 is 0. The van der Waals surface area contributed by atoms with Gasteiger partial charge in [-0.3, -0.25) is 9.69 Å². The molecule has 0 radical (unpaired) electrons. The molecule has 1 atom stereocenters. The Morgan fingerprint density at radius 3 is 2.46 bits per heavy atom. The molecule has 2 aromatic carbocycles. The van der Waals surface area contributed by atoms with Crippen molar-refractivity contribution in [2.24, 2.45) is 5.10 Å². The molecule has 28 heavy (non-hydrogen) atoms. The fraction of sp³-hybridized carbons (Fsp3) is 0.417. The molecule has 1 aliphatic rings. The molecule has 0 spiro atoms. The second kappa shape index (κ2) is 8.70. The summed E-state index contributed by atoms with van der Waals surface area (Å²) in [7, 11) is 0. The zero-order valence-electron chi connectivity index (χ0n) is 17.7. The molecule has 0 saturated carbocycles. The van der Waals surface area contributed by atoms with Crippen LogP contribution < -0.4 is 0 Å². The van der Waals surface area contributed by atoms with Crippen LogP contribution in [0, 0.1) is 20.8 Å². The summed E-state index contributed by atoms with van der Waals surface area (Å²) in [6.45, 7) is 12.6. The van der Waals surface area contributed by atoms with E-state index in [9.17, 15) is 4.79 Å². The minimum atomic E-state index is -0.0424. The SMILES string of the molecule is CCN(CC)CC(=O)N1N=C(c2cc(C)ccc2C)C[C@@H]1c1ccccc1C. The quantitative estimate of drug-likeness (QED) is 0.736. The van der Waals surface area contributed by atoms with Crippen LogP contribution >= 0.6 is 0 Å². The van der Waals surface area contributed by atoms with Gasteiger partial charge < -0.3 is 0 Å². The standard InChI is InChI=1S/C24H31N3O/c1-6-26(7-2)16-24(28)27-23(20-11-9-8-10-18(20)4)15-22(25-27)21-14-17(3)12-13-19(21)5/h8-14,23H,6-7,15-16H2,1-5H3/t23-/m1/s1. The lowest BCUT2D eigenvalue weighted by Crippen LogP contribution is -2.38. The summed E-state index contributed by atoms with van der Waals surface area (Å²) < 4.78 is 0. The van der Waals surface area contributed by atoms with Crippen LogP contribution in [0.2, 0.25) is 0 Å². The second-order valence-electron chi connectivity index (χ2n) is 7.64. The van der Waals surface area contributed by atoms with Gasteiger partial charge in [-0.15, -0.1) is 0 Å². The molecule has 1 aliphatic heterocycles. The average molecular weight is 378 g/mol. The largest absolute Gasteiger partial charge is 0.295 e. The number of carbonyl (C=O) groups excluding carboxylic acids is 1. The van der Waals surface area contributed by atoms with Gasteiger partial charge in [0.05, 0.1) is 18.3 Å². The summed E-state index contributed by atoms with van der Waals surface area (Å²) in [5.74, 6) is 0.0669. The second-order valence-corrected chi connectivity index (χ2v) is 7.64. The molecule has 0 fully saturated rings. The molecule has 4 heteroatoms. The monoisotopic (exact) mass is 377 g/mol. The zero-order valence-corrected chi connectivity index (χ0v) is 17.7. The van der Waals surface area contributed by atoms with Crippen LogP contribution in [-0.4, -0.2) is 41.2 Å². The van der Waals surface area contributed by atoms with Crippen molar-refractivity contribution >= 4 is 11.6 Å². The van der Waals surface area contributed by atoms with Crippen molar-refractivity contribution in [1.29, 1.82) is 0 Å².